The molecule has 0 saturated heterocycles. The van der Waals surface area contributed by atoms with Crippen molar-refractivity contribution < 1.29 is 37.8 Å². The molecule has 126 valence electrons. The van der Waals surface area contributed by atoms with Crippen LogP contribution in [-0.4, -0.2) is 34.0 Å². The van der Waals surface area contributed by atoms with Crippen LogP contribution >= 0.6 is 0 Å². The van der Waals surface area contributed by atoms with Gasteiger partial charge in [-0.3, -0.25) is 14.4 Å². The van der Waals surface area contributed by atoms with E-state index in [9.17, 15) is 32.7 Å². The number of amides is 2. The predicted molar refractivity (Wildman–Crippen MR) is 69.8 cm³/mol. The highest BCUT2D eigenvalue weighted by molar-refractivity contribution is 5.91. The number of aliphatic hydroxyl groups is 1. The van der Waals surface area contributed by atoms with Crippen LogP contribution in [0, 0.1) is 0 Å². The van der Waals surface area contributed by atoms with Crippen molar-refractivity contribution >= 4 is 17.8 Å². The minimum absolute atomic E-state index is 0.158. The van der Waals surface area contributed by atoms with E-state index in [-0.39, 0.29) is 5.56 Å². The summed E-state index contributed by atoms with van der Waals surface area (Å²) in [5, 5.41) is 20.3. The first-order chi connectivity index (χ1) is 10.5. The molecular formula is C13H13F3N2O5. The fraction of sp³-hybridized carbons (Fsp3) is 0.308. The molecule has 0 aliphatic heterocycles. The number of carbonyl (C=O) groups excluding carboxylic acids is 2. The summed E-state index contributed by atoms with van der Waals surface area (Å²) in [5.41, 5.74) is 3.79. The molecule has 1 rings (SSSR count). The van der Waals surface area contributed by atoms with Crippen molar-refractivity contribution in [1.82, 2.24) is 5.32 Å². The molecule has 2 amide bonds. The molecular weight excluding hydrogens is 321 g/mol. The molecule has 1 aromatic carbocycles. The molecule has 0 fully saturated rings. The summed E-state index contributed by atoms with van der Waals surface area (Å²) in [6.07, 6.45) is -7.24. The Morgan fingerprint density at radius 2 is 1.70 bits per heavy atom. The Morgan fingerprint density at radius 1 is 1.17 bits per heavy atom. The van der Waals surface area contributed by atoms with Gasteiger partial charge < -0.3 is 21.3 Å². The molecule has 0 unspecified atom stereocenters. The van der Waals surface area contributed by atoms with Gasteiger partial charge in [-0.15, -0.1) is 0 Å². The lowest BCUT2D eigenvalue weighted by atomic mass is 10.1. The van der Waals surface area contributed by atoms with Gasteiger partial charge in [0.2, 0.25) is 5.91 Å². The summed E-state index contributed by atoms with van der Waals surface area (Å²) < 4.78 is 37.2. The van der Waals surface area contributed by atoms with Gasteiger partial charge in [0.25, 0.3) is 5.91 Å². The quantitative estimate of drug-likeness (QED) is 0.590. The second-order valence-electron chi connectivity index (χ2n) is 4.58. The number of rotatable bonds is 6. The van der Waals surface area contributed by atoms with Crippen LogP contribution in [0.4, 0.5) is 13.2 Å². The van der Waals surface area contributed by atoms with Crippen LogP contribution in [0.3, 0.4) is 0 Å². The van der Waals surface area contributed by atoms with Crippen LogP contribution in [0.5, 0.6) is 0 Å². The number of nitrogens with one attached hydrogen (secondary N) is 1. The number of carboxylic acids is 1. The maximum Gasteiger partial charge on any atom is 0.416 e. The number of nitrogens with two attached hydrogens (primary N) is 1. The zero-order chi connectivity index (χ0) is 17.8. The molecule has 5 N–H and O–H groups in total. The molecule has 2 atom stereocenters. The van der Waals surface area contributed by atoms with E-state index in [1.165, 1.54) is 0 Å². The van der Waals surface area contributed by atoms with E-state index < -0.39 is 48.1 Å². The van der Waals surface area contributed by atoms with Gasteiger partial charge in [0.1, 0.15) is 6.04 Å². The first-order valence-electron chi connectivity index (χ1n) is 6.19. The van der Waals surface area contributed by atoms with Crippen molar-refractivity contribution in [3.05, 3.63) is 35.4 Å². The van der Waals surface area contributed by atoms with Crippen LogP contribution in [0.15, 0.2) is 24.3 Å². The number of halogens is 3. The van der Waals surface area contributed by atoms with Crippen LogP contribution < -0.4 is 11.1 Å². The van der Waals surface area contributed by atoms with Gasteiger partial charge in [-0.25, -0.2) is 0 Å². The average Bonchev–Trinajstić information content (AvgIpc) is 2.44. The summed E-state index contributed by atoms with van der Waals surface area (Å²) in [4.78, 5) is 33.3. The molecule has 10 heteroatoms. The molecule has 0 saturated carbocycles. The Hall–Kier alpha value is -2.62. The van der Waals surface area contributed by atoms with Crippen molar-refractivity contribution in [1.29, 1.82) is 0 Å². The predicted octanol–water partition coefficient (Wildman–Crippen LogP) is 0.184. The van der Waals surface area contributed by atoms with Gasteiger partial charge in [-0.1, -0.05) is 12.1 Å². The normalized spacial score (nSPS) is 13.9. The molecule has 0 heterocycles. The Bertz CT molecular complexity index is 601. The summed E-state index contributed by atoms with van der Waals surface area (Å²) in [6.45, 7) is 0. The third kappa shape index (κ3) is 5.25. The molecule has 0 spiro atoms. The average molecular weight is 334 g/mol. The standard InChI is InChI=1S/C13H13F3N2O5/c14-13(15,16)7-3-1-6(2-4-7)10(21)12(23)18-8(11(17)22)5-9(19)20/h1-4,8,10,21H,5H2,(H2,17,22)(H,18,23)(H,19,20)/t8-,10+/m1/s1. The first-order valence-corrected chi connectivity index (χ1v) is 6.19. The lowest BCUT2D eigenvalue weighted by Gasteiger charge is -2.17. The lowest BCUT2D eigenvalue weighted by molar-refractivity contribution is -0.141. The second-order valence-corrected chi connectivity index (χ2v) is 4.58. The smallest absolute Gasteiger partial charge is 0.416 e. The first kappa shape index (κ1) is 18.4. The number of primary amides is 1. The Balaban J connectivity index is 2.83. The number of aliphatic carboxylic acids is 1. The molecule has 7 nitrogen and oxygen atoms in total. The second kappa shape index (κ2) is 7.09. The molecule has 0 aromatic heterocycles. The number of hydrogen-bond donors (Lipinski definition) is 4. The third-order valence-electron chi connectivity index (χ3n) is 2.84. The largest absolute Gasteiger partial charge is 0.481 e. The fourth-order valence-corrected chi connectivity index (χ4v) is 1.65. The number of hydrogen-bond acceptors (Lipinski definition) is 4. The molecule has 0 radical (unpaired) electrons. The van der Waals surface area contributed by atoms with Crippen LogP contribution in [0.1, 0.15) is 23.7 Å². The van der Waals surface area contributed by atoms with Crippen molar-refractivity contribution in [2.75, 3.05) is 0 Å². The summed E-state index contributed by atoms with van der Waals surface area (Å²) in [6, 6.07) is 1.58. The summed E-state index contributed by atoms with van der Waals surface area (Å²) in [5.74, 6) is -3.69. The fourth-order valence-electron chi connectivity index (χ4n) is 1.65. The third-order valence-corrected chi connectivity index (χ3v) is 2.84. The topological polar surface area (TPSA) is 130 Å². The Morgan fingerprint density at radius 3 is 2.09 bits per heavy atom. The van der Waals surface area contributed by atoms with Crippen molar-refractivity contribution in [3.8, 4) is 0 Å². The summed E-state index contributed by atoms with van der Waals surface area (Å²) in [7, 11) is 0. The lowest BCUT2D eigenvalue weighted by Crippen LogP contribution is -2.47. The van der Waals surface area contributed by atoms with Gasteiger partial charge in [0, 0.05) is 0 Å². The van der Waals surface area contributed by atoms with E-state index in [0.29, 0.717) is 12.1 Å². The molecule has 1 aromatic rings. The zero-order valence-electron chi connectivity index (χ0n) is 11.5. The minimum atomic E-state index is -4.57. The van der Waals surface area contributed by atoms with Crippen LogP contribution in [-0.2, 0) is 20.6 Å². The van der Waals surface area contributed by atoms with Gasteiger partial charge in [-0.05, 0) is 17.7 Å². The Labute approximate surface area is 127 Å². The SMILES string of the molecule is NC(=O)[C@@H](CC(=O)O)NC(=O)[C@@H](O)c1ccc(C(F)(F)F)cc1. The number of carboxylic acid groups (broad SMARTS) is 1. The van der Waals surface area contributed by atoms with E-state index in [0.717, 1.165) is 12.1 Å². The van der Waals surface area contributed by atoms with E-state index in [2.05, 4.69) is 0 Å². The monoisotopic (exact) mass is 334 g/mol. The highest BCUT2D eigenvalue weighted by Gasteiger charge is 2.31. The van der Waals surface area contributed by atoms with E-state index in [4.69, 9.17) is 10.8 Å². The van der Waals surface area contributed by atoms with Gasteiger partial charge >= 0.3 is 12.1 Å². The highest BCUT2D eigenvalue weighted by Crippen LogP contribution is 2.29. The summed E-state index contributed by atoms with van der Waals surface area (Å²) >= 11 is 0. The zero-order valence-corrected chi connectivity index (χ0v) is 11.5. The number of benzene rings is 1. The minimum Gasteiger partial charge on any atom is -0.481 e. The molecule has 0 aliphatic rings. The van der Waals surface area contributed by atoms with Gasteiger partial charge in [0.05, 0.1) is 12.0 Å². The highest BCUT2D eigenvalue weighted by atomic mass is 19.4. The van der Waals surface area contributed by atoms with Gasteiger partial charge in [-0.2, -0.15) is 13.2 Å². The molecule has 23 heavy (non-hydrogen) atoms. The van der Waals surface area contributed by atoms with E-state index >= 15 is 0 Å². The van der Waals surface area contributed by atoms with Crippen molar-refractivity contribution in [2.45, 2.75) is 24.7 Å². The molecule has 0 bridgehead atoms. The van der Waals surface area contributed by atoms with Gasteiger partial charge in [0.15, 0.2) is 6.10 Å². The van der Waals surface area contributed by atoms with Crippen LogP contribution in [0.25, 0.3) is 0 Å². The van der Waals surface area contributed by atoms with Crippen LogP contribution in [0.2, 0.25) is 0 Å². The Kier molecular flexibility index (Phi) is 5.68. The van der Waals surface area contributed by atoms with E-state index in [1.807, 2.05) is 5.32 Å². The number of alkyl halides is 3. The van der Waals surface area contributed by atoms with Crippen molar-refractivity contribution in [2.24, 2.45) is 5.73 Å². The van der Waals surface area contributed by atoms with E-state index in [1.54, 1.807) is 0 Å². The number of aliphatic hydroxyl groups excluding tert-OH is 1. The number of carbonyl (C=O) groups is 3. The maximum atomic E-state index is 12.4. The molecule has 0 aliphatic carbocycles. The maximum absolute atomic E-state index is 12.4. The van der Waals surface area contributed by atoms with Crippen molar-refractivity contribution in [3.63, 3.8) is 0 Å².